The highest BCUT2D eigenvalue weighted by Gasteiger charge is 2.32. The van der Waals surface area contributed by atoms with Crippen molar-refractivity contribution in [2.24, 2.45) is 7.05 Å². The maximum absolute atomic E-state index is 12.4. The summed E-state index contributed by atoms with van der Waals surface area (Å²) >= 11 is 3.20. The third-order valence-electron chi connectivity index (χ3n) is 2.81. The molecule has 2 N–H and O–H groups in total. The lowest BCUT2D eigenvalue weighted by molar-refractivity contribution is -0.141. The number of hydrogen-bond donors (Lipinski definition) is 2. The highest BCUT2D eigenvalue weighted by Crippen LogP contribution is 2.27. The maximum Gasteiger partial charge on any atom is 0.433 e. The molecule has 0 saturated carbocycles. The van der Waals surface area contributed by atoms with Crippen LogP contribution in [0.1, 0.15) is 26.5 Å². The second kappa shape index (κ2) is 6.41. The number of nitrogens with zero attached hydrogens (tertiary/aromatic N) is 2. The fourth-order valence-corrected chi connectivity index (χ4v) is 2.22. The average molecular weight is 391 g/mol. The van der Waals surface area contributed by atoms with Gasteiger partial charge in [-0.05, 0) is 34.1 Å². The van der Waals surface area contributed by atoms with Crippen LogP contribution in [0.2, 0.25) is 0 Å². The Morgan fingerprint density at radius 2 is 1.87 bits per heavy atom. The van der Waals surface area contributed by atoms with Gasteiger partial charge < -0.3 is 4.57 Å². The van der Waals surface area contributed by atoms with Gasteiger partial charge in [-0.3, -0.25) is 25.4 Å². The quantitative estimate of drug-likeness (QED) is 0.772. The molecule has 0 fully saturated rings. The van der Waals surface area contributed by atoms with E-state index in [-0.39, 0.29) is 11.3 Å². The second-order valence-electron chi connectivity index (χ2n) is 4.49. The zero-order chi connectivity index (χ0) is 17.2. The van der Waals surface area contributed by atoms with Crippen molar-refractivity contribution in [1.29, 1.82) is 0 Å². The number of carbonyl (C=O) groups is 2. The number of amides is 2. The molecular formula is C13H10BrF3N4O2. The molecule has 2 rings (SSSR count). The Kier molecular flexibility index (Phi) is 4.73. The van der Waals surface area contributed by atoms with Gasteiger partial charge in [0.2, 0.25) is 0 Å². The molecule has 0 atom stereocenters. The molecule has 0 aliphatic heterocycles. The molecule has 23 heavy (non-hydrogen) atoms. The summed E-state index contributed by atoms with van der Waals surface area (Å²) in [6.07, 6.45) is -2.15. The Hall–Kier alpha value is -2.36. The van der Waals surface area contributed by atoms with E-state index in [0.717, 1.165) is 12.3 Å². The van der Waals surface area contributed by atoms with Crippen LogP contribution in [0.25, 0.3) is 0 Å². The number of halogens is 4. The summed E-state index contributed by atoms with van der Waals surface area (Å²) in [7, 11) is 1.64. The molecule has 0 aliphatic carbocycles. The summed E-state index contributed by atoms with van der Waals surface area (Å²) in [5.41, 5.74) is 3.33. The first-order valence-electron chi connectivity index (χ1n) is 6.14. The summed E-state index contributed by atoms with van der Waals surface area (Å²) in [5.74, 6) is -1.36. The highest BCUT2D eigenvalue weighted by atomic mass is 79.9. The topological polar surface area (TPSA) is 76.0 Å². The molecular weight excluding hydrogens is 381 g/mol. The molecule has 2 amide bonds. The molecule has 2 heterocycles. The molecule has 10 heteroatoms. The summed E-state index contributed by atoms with van der Waals surface area (Å²) in [5, 5.41) is 0. The van der Waals surface area contributed by atoms with E-state index >= 15 is 0 Å². The number of hydrazine groups is 1. The predicted molar refractivity (Wildman–Crippen MR) is 77.3 cm³/mol. The number of pyridine rings is 1. The minimum absolute atomic E-state index is 0.119. The van der Waals surface area contributed by atoms with Crippen LogP contribution in [0.5, 0.6) is 0 Å². The standard InChI is InChI=1S/C13H10BrF3N4O2/c1-21-6-8(14)4-9(21)12(23)20-19-11(22)7-2-3-10(18-5-7)13(15,16)17/h2-6H,1H3,(H,19,22)(H,20,23). The summed E-state index contributed by atoms with van der Waals surface area (Å²) in [4.78, 5) is 26.8. The Labute approximate surface area is 136 Å². The van der Waals surface area contributed by atoms with E-state index in [1.54, 1.807) is 19.3 Å². The molecule has 2 aromatic rings. The molecule has 0 aliphatic rings. The molecule has 2 aromatic heterocycles. The molecule has 0 radical (unpaired) electrons. The number of carbonyl (C=O) groups excluding carboxylic acids is 2. The minimum Gasteiger partial charge on any atom is -0.345 e. The Morgan fingerprint density at radius 1 is 1.22 bits per heavy atom. The summed E-state index contributed by atoms with van der Waals surface area (Å²) < 4.78 is 39.3. The molecule has 0 saturated heterocycles. The van der Waals surface area contributed by atoms with Gasteiger partial charge >= 0.3 is 6.18 Å². The normalized spacial score (nSPS) is 11.2. The smallest absolute Gasteiger partial charge is 0.345 e. The van der Waals surface area contributed by atoms with Gasteiger partial charge in [-0.25, -0.2) is 0 Å². The van der Waals surface area contributed by atoms with Crippen molar-refractivity contribution in [3.8, 4) is 0 Å². The van der Waals surface area contributed by atoms with Crippen molar-refractivity contribution >= 4 is 27.7 Å². The van der Waals surface area contributed by atoms with E-state index in [2.05, 4.69) is 31.8 Å². The first kappa shape index (κ1) is 17.0. The van der Waals surface area contributed by atoms with E-state index in [4.69, 9.17) is 0 Å². The van der Waals surface area contributed by atoms with E-state index in [1.807, 2.05) is 0 Å². The number of aromatic nitrogens is 2. The van der Waals surface area contributed by atoms with Crippen molar-refractivity contribution in [1.82, 2.24) is 20.4 Å². The highest BCUT2D eigenvalue weighted by molar-refractivity contribution is 9.10. The number of alkyl halides is 3. The number of aryl methyl sites for hydroxylation is 1. The Balaban J connectivity index is 2.00. The lowest BCUT2D eigenvalue weighted by atomic mass is 10.2. The Bertz CT molecular complexity index is 741. The third kappa shape index (κ3) is 4.09. The van der Waals surface area contributed by atoms with Crippen LogP contribution in [-0.2, 0) is 13.2 Å². The number of nitrogens with one attached hydrogen (secondary N) is 2. The number of rotatable bonds is 2. The van der Waals surface area contributed by atoms with Crippen molar-refractivity contribution in [3.63, 3.8) is 0 Å². The largest absolute Gasteiger partial charge is 0.433 e. The van der Waals surface area contributed by atoms with Crippen LogP contribution in [0, 0.1) is 0 Å². The zero-order valence-electron chi connectivity index (χ0n) is 11.6. The van der Waals surface area contributed by atoms with Gasteiger partial charge in [-0.1, -0.05) is 0 Å². The van der Waals surface area contributed by atoms with Crippen LogP contribution in [-0.4, -0.2) is 21.4 Å². The lowest BCUT2D eigenvalue weighted by Gasteiger charge is -2.09. The Morgan fingerprint density at radius 3 is 2.35 bits per heavy atom. The molecule has 122 valence electrons. The maximum atomic E-state index is 12.4. The lowest BCUT2D eigenvalue weighted by Crippen LogP contribution is -2.42. The third-order valence-corrected chi connectivity index (χ3v) is 3.24. The van der Waals surface area contributed by atoms with Gasteiger partial charge in [0, 0.05) is 23.9 Å². The van der Waals surface area contributed by atoms with E-state index in [1.165, 1.54) is 4.57 Å². The molecule has 0 bridgehead atoms. The van der Waals surface area contributed by atoms with Crippen LogP contribution in [0.3, 0.4) is 0 Å². The van der Waals surface area contributed by atoms with E-state index in [0.29, 0.717) is 10.5 Å². The number of hydrogen-bond acceptors (Lipinski definition) is 3. The van der Waals surface area contributed by atoms with Crippen molar-refractivity contribution in [2.45, 2.75) is 6.18 Å². The first-order chi connectivity index (χ1) is 10.7. The van der Waals surface area contributed by atoms with Gasteiger partial charge in [0.1, 0.15) is 11.4 Å². The fraction of sp³-hybridized carbons (Fsp3) is 0.154. The van der Waals surface area contributed by atoms with Gasteiger partial charge in [0.25, 0.3) is 11.8 Å². The van der Waals surface area contributed by atoms with Crippen LogP contribution >= 0.6 is 15.9 Å². The predicted octanol–water partition coefficient (Wildman–Crippen LogP) is 2.28. The minimum atomic E-state index is -4.58. The molecule has 0 spiro atoms. The second-order valence-corrected chi connectivity index (χ2v) is 5.41. The molecule has 6 nitrogen and oxygen atoms in total. The first-order valence-corrected chi connectivity index (χ1v) is 6.93. The van der Waals surface area contributed by atoms with Crippen LogP contribution in [0.15, 0.2) is 35.1 Å². The monoisotopic (exact) mass is 390 g/mol. The zero-order valence-corrected chi connectivity index (χ0v) is 13.2. The van der Waals surface area contributed by atoms with Gasteiger partial charge in [0.05, 0.1) is 5.56 Å². The molecule has 0 aromatic carbocycles. The van der Waals surface area contributed by atoms with Crippen molar-refractivity contribution in [2.75, 3.05) is 0 Å². The van der Waals surface area contributed by atoms with Crippen LogP contribution in [0.4, 0.5) is 13.2 Å². The van der Waals surface area contributed by atoms with Gasteiger partial charge in [0.15, 0.2) is 0 Å². The average Bonchev–Trinajstić information content (AvgIpc) is 2.82. The summed E-state index contributed by atoms with van der Waals surface area (Å²) in [6.45, 7) is 0. The SMILES string of the molecule is Cn1cc(Br)cc1C(=O)NNC(=O)c1ccc(C(F)(F)F)nc1. The van der Waals surface area contributed by atoms with Crippen LogP contribution < -0.4 is 10.9 Å². The van der Waals surface area contributed by atoms with E-state index < -0.39 is 23.7 Å². The summed E-state index contributed by atoms with van der Waals surface area (Å²) in [6, 6.07) is 3.20. The van der Waals surface area contributed by atoms with Crippen molar-refractivity contribution < 1.29 is 22.8 Å². The van der Waals surface area contributed by atoms with Gasteiger partial charge in [-0.15, -0.1) is 0 Å². The van der Waals surface area contributed by atoms with Crippen molar-refractivity contribution in [3.05, 3.63) is 52.0 Å². The van der Waals surface area contributed by atoms with Gasteiger partial charge in [-0.2, -0.15) is 13.2 Å². The molecule has 0 unspecified atom stereocenters. The fourth-order valence-electron chi connectivity index (χ4n) is 1.70. The van der Waals surface area contributed by atoms with E-state index in [9.17, 15) is 22.8 Å².